The van der Waals surface area contributed by atoms with Gasteiger partial charge in [0.1, 0.15) is 17.2 Å². The first-order valence-electron chi connectivity index (χ1n) is 5.68. The molecule has 0 amide bonds. The van der Waals surface area contributed by atoms with E-state index in [4.69, 9.17) is 4.52 Å². The molecule has 1 aliphatic rings. The average molecular weight is 259 g/mol. The van der Waals surface area contributed by atoms with Gasteiger partial charge in [-0.25, -0.2) is 13.1 Å². The van der Waals surface area contributed by atoms with Crippen LogP contribution in [0.3, 0.4) is 0 Å². The lowest BCUT2D eigenvalue weighted by molar-refractivity contribution is 0.392. The third-order valence-corrected chi connectivity index (χ3v) is 4.01. The zero-order valence-corrected chi connectivity index (χ0v) is 10.6. The molecule has 0 saturated carbocycles. The molecule has 6 nitrogen and oxygen atoms in total. The van der Waals surface area contributed by atoms with E-state index >= 15 is 0 Å². The molecule has 1 atom stereocenters. The van der Waals surface area contributed by atoms with E-state index in [0.717, 1.165) is 19.4 Å². The maximum absolute atomic E-state index is 11.7. The van der Waals surface area contributed by atoms with Crippen molar-refractivity contribution in [3.8, 4) is 0 Å². The van der Waals surface area contributed by atoms with Crippen LogP contribution in [0.15, 0.2) is 10.6 Å². The molecule has 2 heterocycles. The quantitative estimate of drug-likeness (QED) is 0.786. The van der Waals surface area contributed by atoms with Crippen LogP contribution in [-0.2, 0) is 15.8 Å². The maximum Gasteiger partial charge on any atom is 0.217 e. The van der Waals surface area contributed by atoms with E-state index in [1.807, 2.05) is 0 Å². The Morgan fingerprint density at radius 3 is 3.06 bits per heavy atom. The molecule has 0 bridgehead atoms. The van der Waals surface area contributed by atoms with E-state index in [2.05, 4.69) is 15.2 Å². The molecule has 1 fully saturated rings. The molecule has 1 aliphatic heterocycles. The highest BCUT2D eigenvalue weighted by atomic mass is 32.2. The average Bonchev–Trinajstić information content (AvgIpc) is 2.86. The van der Waals surface area contributed by atoms with Crippen molar-refractivity contribution in [1.82, 2.24) is 15.2 Å². The van der Waals surface area contributed by atoms with Crippen LogP contribution in [0.25, 0.3) is 0 Å². The number of aryl methyl sites for hydroxylation is 1. The molecule has 0 spiro atoms. The number of rotatable bonds is 5. The third kappa shape index (κ3) is 3.79. The lowest BCUT2D eigenvalue weighted by atomic mass is 10.2. The normalized spacial score (nSPS) is 20.9. The van der Waals surface area contributed by atoms with Crippen LogP contribution < -0.4 is 10.0 Å². The molecule has 0 aliphatic carbocycles. The summed E-state index contributed by atoms with van der Waals surface area (Å²) in [5.74, 6) is 0.490. The Balaban J connectivity index is 1.85. The summed E-state index contributed by atoms with van der Waals surface area (Å²) in [6, 6.07) is 1.89. The minimum absolute atomic E-state index is 0.128. The predicted octanol–water partition coefficient (Wildman–Crippen LogP) is 0.154. The SMILES string of the molecule is Cc1cc(CS(=O)(=O)NCC2CCCN2)no1. The summed E-state index contributed by atoms with van der Waals surface area (Å²) in [4.78, 5) is 0. The Morgan fingerprint density at radius 2 is 2.47 bits per heavy atom. The molecular formula is C10H17N3O3S. The molecule has 2 rings (SSSR count). The van der Waals surface area contributed by atoms with Crippen LogP contribution in [-0.4, -0.2) is 32.7 Å². The lowest BCUT2D eigenvalue weighted by Crippen LogP contribution is -2.37. The number of aromatic nitrogens is 1. The van der Waals surface area contributed by atoms with E-state index in [1.165, 1.54) is 0 Å². The molecule has 17 heavy (non-hydrogen) atoms. The summed E-state index contributed by atoms with van der Waals surface area (Å²) in [5, 5.41) is 6.91. The van der Waals surface area contributed by atoms with Gasteiger partial charge in [-0.05, 0) is 26.3 Å². The van der Waals surface area contributed by atoms with Crippen molar-refractivity contribution >= 4 is 10.0 Å². The zero-order chi connectivity index (χ0) is 12.3. The Bertz CT molecular complexity index is 463. The minimum Gasteiger partial charge on any atom is -0.361 e. The van der Waals surface area contributed by atoms with Crippen LogP contribution in [0.5, 0.6) is 0 Å². The van der Waals surface area contributed by atoms with Crippen molar-refractivity contribution in [3.05, 3.63) is 17.5 Å². The van der Waals surface area contributed by atoms with Gasteiger partial charge in [-0.15, -0.1) is 0 Å². The van der Waals surface area contributed by atoms with E-state index in [0.29, 0.717) is 18.0 Å². The van der Waals surface area contributed by atoms with Gasteiger partial charge in [-0.2, -0.15) is 0 Å². The highest BCUT2D eigenvalue weighted by Crippen LogP contribution is 2.07. The molecule has 1 aromatic rings. The topological polar surface area (TPSA) is 84.2 Å². The van der Waals surface area contributed by atoms with Crippen molar-refractivity contribution in [1.29, 1.82) is 0 Å². The number of hydrogen-bond donors (Lipinski definition) is 2. The minimum atomic E-state index is -3.32. The fraction of sp³-hybridized carbons (Fsp3) is 0.700. The number of nitrogens with one attached hydrogen (secondary N) is 2. The van der Waals surface area contributed by atoms with Gasteiger partial charge in [0.15, 0.2) is 0 Å². The van der Waals surface area contributed by atoms with Crippen LogP contribution in [0.4, 0.5) is 0 Å². The van der Waals surface area contributed by atoms with Crippen LogP contribution >= 0.6 is 0 Å². The molecule has 1 aromatic heterocycles. The largest absolute Gasteiger partial charge is 0.361 e. The molecule has 0 aromatic carbocycles. The van der Waals surface area contributed by atoms with E-state index in [9.17, 15) is 8.42 Å². The number of hydrogen-bond acceptors (Lipinski definition) is 5. The Hall–Kier alpha value is -0.920. The molecular weight excluding hydrogens is 242 g/mol. The van der Waals surface area contributed by atoms with Gasteiger partial charge in [0.25, 0.3) is 0 Å². The van der Waals surface area contributed by atoms with Crippen LogP contribution in [0.1, 0.15) is 24.3 Å². The van der Waals surface area contributed by atoms with Crippen molar-refractivity contribution in [2.75, 3.05) is 13.1 Å². The Labute approximate surface area is 101 Å². The summed E-state index contributed by atoms with van der Waals surface area (Å²) in [6.07, 6.45) is 2.13. The summed E-state index contributed by atoms with van der Waals surface area (Å²) in [6.45, 7) is 3.15. The van der Waals surface area contributed by atoms with Crippen LogP contribution in [0.2, 0.25) is 0 Å². The van der Waals surface area contributed by atoms with Gasteiger partial charge in [0.2, 0.25) is 10.0 Å². The van der Waals surface area contributed by atoms with Gasteiger partial charge in [-0.1, -0.05) is 5.16 Å². The Morgan fingerprint density at radius 1 is 1.65 bits per heavy atom. The summed E-state index contributed by atoms with van der Waals surface area (Å²) in [5.41, 5.74) is 0.439. The first kappa shape index (κ1) is 12.5. The highest BCUT2D eigenvalue weighted by Gasteiger charge is 2.19. The molecule has 7 heteroatoms. The Kier molecular flexibility index (Phi) is 3.80. The smallest absolute Gasteiger partial charge is 0.217 e. The summed E-state index contributed by atoms with van der Waals surface area (Å²) >= 11 is 0. The van der Waals surface area contributed by atoms with Gasteiger partial charge >= 0.3 is 0 Å². The van der Waals surface area contributed by atoms with E-state index in [-0.39, 0.29) is 11.8 Å². The first-order chi connectivity index (χ1) is 8.05. The second kappa shape index (κ2) is 5.16. The molecule has 2 N–H and O–H groups in total. The second-order valence-electron chi connectivity index (χ2n) is 4.33. The fourth-order valence-corrected chi connectivity index (χ4v) is 2.97. The number of sulfonamides is 1. The van der Waals surface area contributed by atoms with E-state index in [1.54, 1.807) is 13.0 Å². The zero-order valence-electron chi connectivity index (χ0n) is 9.77. The lowest BCUT2D eigenvalue weighted by Gasteiger charge is -2.11. The standard InChI is InChI=1S/C10H17N3O3S/c1-8-5-10(13-16-8)7-17(14,15)12-6-9-3-2-4-11-9/h5,9,11-12H,2-4,6-7H2,1H3. The highest BCUT2D eigenvalue weighted by molar-refractivity contribution is 7.88. The van der Waals surface area contributed by atoms with Crippen molar-refractivity contribution in [2.24, 2.45) is 0 Å². The molecule has 1 saturated heterocycles. The molecule has 0 radical (unpaired) electrons. The second-order valence-corrected chi connectivity index (χ2v) is 6.14. The molecule has 96 valence electrons. The maximum atomic E-state index is 11.7. The number of nitrogens with zero attached hydrogens (tertiary/aromatic N) is 1. The summed E-state index contributed by atoms with van der Waals surface area (Å²) < 4.78 is 30.9. The van der Waals surface area contributed by atoms with Gasteiger partial charge in [0.05, 0.1) is 0 Å². The first-order valence-corrected chi connectivity index (χ1v) is 7.33. The van der Waals surface area contributed by atoms with Crippen molar-refractivity contribution in [3.63, 3.8) is 0 Å². The van der Waals surface area contributed by atoms with Crippen molar-refractivity contribution < 1.29 is 12.9 Å². The van der Waals surface area contributed by atoms with Crippen molar-refractivity contribution in [2.45, 2.75) is 31.6 Å². The fourth-order valence-electron chi connectivity index (χ4n) is 1.89. The van der Waals surface area contributed by atoms with E-state index < -0.39 is 10.0 Å². The third-order valence-electron chi connectivity index (χ3n) is 2.73. The van der Waals surface area contributed by atoms with Gasteiger partial charge in [-0.3, -0.25) is 0 Å². The summed E-state index contributed by atoms with van der Waals surface area (Å²) in [7, 11) is -3.32. The van der Waals surface area contributed by atoms with Gasteiger partial charge < -0.3 is 9.84 Å². The monoisotopic (exact) mass is 259 g/mol. The molecule has 1 unspecified atom stereocenters. The van der Waals surface area contributed by atoms with Crippen LogP contribution in [0, 0.1) is 6.92 Å². The van der Waals surface area contributed by atoms with Gasteiger partial charge in [0, 0.05) is 18.7 Å². The predicted molar refractivity (Wildman–Crippen MR) is 62.9 cm³/mol.